The third-order valence-electron chi connectivity index (χ3n) is 2.58. The SMILES string of the molecule is O=C([O-])Cc1nc2c(C(F)(F)F)cc(C(F)(F)F)cc2[nH]1.[Li+]. The molecule has 0 amide bonds. The molecule has 0 saturated heterocycles. The van der Waals surface area contributed by atoms with E-state index in [0.29, 0.717) is 6.07 Å². The smallest absolute Gasteiger partial charge is 0.550 e. The number of aromatic nitrogens is 2. The van der Waals surface area contributed by atoms with E-state index in [0.717, 1.165) is 0 Å². The van der Waals surface area contributed by atoms with E-state index in [1.807, 2.05) is 0 Å². The summed E-state index contributed by atoms with van der Waals surface area (Å²) in [5.74, 6) is -2.05. The molecule has 0 aliphatic carbocycles. The number of hydrogen-bond acceptors (Lipinski definition) is 3. The number of aliphatic carboxylic acids is 1. The van der Waals surface area contributed by atoms with Gasteiger partial charge in [0.2, 0.25) is 0 Å². The number of carboxylic acids is 1. The third-order valence-corrected chi connectivity index (χ3v) is 2.58. The normalized spacial score (nSPS) is 12.3. The molecule has 0 aliphatic heterocycles. The molecule has 114 valence electrons. The number of alkyl halides is 6. The summed E-state index contributed by atoms with van der Waals surface area (Å²) in [6, 6.07) is 0.377. The van der Waals surface area contributed by atoms with Crippen molar-refractivity contribution in [2.45, 2.75) is 18.8 Å². The molecule has 0 radical (unpaired) electrons. The minimum absolute atomic E-state index is 0. The van der Waals surface area contributed by atoms with Gasteiger partial charge in [-0.3, -0.25) is 0 Å². The Hall–Kier alpha value is -1.66. The van der Waals surface area contributed by atoms with E-state index < -0.39 is 52.7 Å². The number of carboxylic acid groups (broad SMARTS) is 1. The Kier molecular flexibility index (Phi) is 4.89. The molecule has 1 N–H and O–H groups in total. The van der Waals surface area contributed by atoms with Crippen molar-refractivity contribution in [1.29, 1.82) is 0 Å². The second kappa shape index (κ2) is 5.85. The number of imidazole rings is 1. The minimum atomic E-state index is -5.06. The van der Waals surface area contributed by atoms with E-state index >= 15 is 0 Å². The Bertz CT molecular complexity index is 707. The maximum atomic E-state index is 12.8. The molecule has 1 aromatic heterocycles. The molecule has 0 spiro atoms. The Labute approximate surface area is 130 Å². The maximum absolute atomic E-state index is 12.8. The molecule has 0 aliphatic rings. The monoisotopic (exact) mass is 318 g/mol. The summed E-state index contributed by atoms with van der Waals surface area (Å²) >= 11 is 0. The fraction of sp³-hybridized carbons (Fsp3) is 0.273. The van der Waals surface area contributed by atoms with E-state index in [4.69, 9.17) is 0 Å². The zero-order valence-electron chi connectivity index (χ0n) is 10.9. The summed E-state index contributed by atoms with van der Waals surface area (Å²) in [5.41, 5.74) is -4.42. The van der Waals surface area contributed by atoms with Gasteiger partial charge in [-0.2, -0.15) is 26.3 Å². The summed E-state index contributed by atoms with van der Waals surface area (Å²) in [6.07, 6.45) is -10.9. The average Bonchev–Trinajstić information content (AvgIpc) is 2.65. The second-order valence-corrected chi connectivity index (χ2v) is 4.15. The van der Waals surface area contributed by atoms with Gasteiger partial charge < -0.3 is 14.9 Å². The van der Waals surface area contributed by atoms with Crippen LogP contribution in [0.25, 0.3) is 11.0 Å². The number of carbonyl (C=O) groups is 1. The van der Waals surface area contributed by atoms with Crippen molar-refractivity contribution >= 4 is 17.0 Å². The van der Waals surface area contributed by atoms with Crippen molar-refractivity contribution in [1.82, 2.24) is 9.97 Å². The van der Waals surface area contributed by atoms with Gasteiger partial charge in [0.15, 0.2) is 0 Å². The molecule has 4 nitrogen and oxygen atoms in total. The Morgan fingerprint density at radius 2 is 1.73 bits per heavy atom. The molecule has 0 atom stereocenters. The topological polar surface area (TPSA) is 68.8 Å². The van der Waals surface area contributed by atoms with Crippen molar-refractivity contribution in [3.8, 4) is 0 Å². The van der Waals surface area contributed by atoms with Crippen LogP contribution in [-0.4, -0.2) is 15.9 Å². The first-order valence-corrected chi connectivity index (χ1v) is 5.35. The number of aromatic amines is 1. The van der Waals surface area contributed by atoms with Gasteiger partial charge in [0, 0.05) is 12.4 Å². The number of rotatable bonds is 2. The van der Waals surface area contributed by atoms with Crippen LogP contribution in [0.4, 0.5) is 26.3 Å². The fourth-order valence-corrected chi connectivity index (χ4v) is 1.77. The molecule has 0 bridgehead atoms. The van der Waals surface area contributed by atoms with Crippen molar-refractivity contribution in [2.75, 3.05) is 0 Å². The number of hydrogen-bond donors (Lipinski definition) is 1. The predicted octanol–water partition coefficient (Wildman–Crippen LogP) is -1.10. The Morgan fingerprint density at radius 3 is 2.18 bits per heavy atom. The van der Waals surface area contributed by atoms with Crippen molar-refractivity contribution in [3.63, 3.8) is 0 Å². The number of nitrogens with one attached hydrogen (secondary N) is 1. The zero-order valence-corrected chi connectivity index (χ0v) is 10.9. The molecular weight excluding hydrogens is 313 g/mol. The second-order valence-electron chi connectivity index (χ2n) is 4.15. The molecule has 0 fully saturated rings. The van der Waals surface area contributed by atoms with E-state index in [2.05, 4.69) is 9.97 Å². The van der Waals surface area contributed by atoms with Gasteiger partial charge >= 0.3 is 31.2 Å². The largest absolute Gasteiger partial charge is 1.00 e. The molecule has 2 aromatic rings. The van der Waals surface area contributed by atoms with Crippen molar-refractivity contribution in [3.05, 3.63) is 29.1 Å². The molecule has 0 saturated carbocycles. The fourth-order valence-electron chi connectivity index (χ4n) is 1.77. The number of nitrogens with zero attached hydrogens (tertiary/aromatic N) is 1. The molecular formula is C11H5F6LiN2O2. The Morgan fingerprint density at radius 1 is 1.14 bits per heavy atom. The molecule has 1 heterocycles. The van der Waals surface area contributed by atoms with Gasteiger partial charge in [0.1, 0.15) is 11.3 Å². The standard InChI is InChI=1S/C11H6F6N2O2.Li/c12-10(13,14)4-1-5(11(15,16)17)9-6(2-4)18-7(19-9)3-8(20)21;/h1-2H,3H2,(H,18,19)(H,20,21);/q;+1/p-1. The molecule has 0 unspecified atom stereocenters. The van der Waals surface area contributed by atoms with Gasteiger partial charge in [-0.25, -0.2) is 4.98 Å². The van der Waals surface area contributed by atoms with E-state index in [1.165, 1.54) is 0 Å². The van der Waals surface area contributed by atoms with Crippen molar-refractivity contribution < 1.29 is 55.1 Å². The maximum Gasteiger partial charge on any atom is 1.00 e. The van der Waals surface area contributed by atoms with Crippen LogP contribution < -0.4 is 24.0 Å². The van der Waals surface area contributed by atoms with Crippen LogP contribution in [0.1, 0.15) is 17.0 Å². The van der Waals surface area contributed by atoms with Crippen LogP contribution in [0.3, 0.4) is 0 Å². The van der Waals surface area contributed by atoms with E-state index in [9.17, 15) is 36.2 Å². The number of benzene rings is 1. The van der Waals surface area contributed by atoms with Crippen LogP contribution in [0.15, 0.2) is 12.1 Å². The Balaban J connectivity index is 0.00000242. The summed E-state index contributed by atoms with van der Waals surface area (Å²) in [5, 5.41) is 10.4. The van der Waals surface area contributed by atoms with E-state index in [-0.39, 0.29) is 24.9 Å². The van der Waals surface area contributed by atoms with E-state index in [1.54, 1.807) is 0 Å². The molecule has 22 heavy (non-hydrogen) atoms. The number of carbonyl (C=O) groups excluding carboxylic acids is 1. The van der Waals surface area contributed by atoms with Crippen LogP contribution in [0.2, 0.25) is 0 Å². The summed E-state index contributed by atoms with van der Waals surface area (Å²) in [4.78, 5) is 15.9. The number of fused-ring (bicyclic) bond motifs is 1. The van der Waals surface area contributed by atoms with Crippen molar-refractivity contribution in [2.24, 2.45) is 0 Å². The summed E-state index contributed by atoms with van der Waals surface area (Å²) < 4.78 is 76.2. The molecule has 2 rings (SSSR count). The summed E-state index contributed by atoms with van der Waals surface area (Å²) in [7, 11) is 0. The van der Waals surface area contributed by atoms with Gasteiger partial charge in [-0.1, -0.05) is 0 Å². The summed E-state index contributed by atoms with van der Waals surface area (Å²) in [6.45, 7) is 0. The van der Waals surface area contributed by atoms with Gasteiger partial charge in [0.25, 0.3) is 0 Å². The quantitative estimate of drug-likeness (QED) is 0.564. The third kappa shape index (κ3) is 3.75. The zero-order chi connectivity index (χ0) is 16.0. The van der Waals surface area contributed by atoms with Crippen LogP contribution >= 0.6 is 0 Å². The van der Waals surface area contributed by atoms with Gasteiger partial charge in [-0.15, -0.1) is 0 Å². The van der Waals surface area contributed by atoms with Crippen LogP contribution in [0.5, 0.6) is 0 Å². The van der Waals surface area contributed by atoms with Crippen LogP contribution in [0, 0.1) is 0 Å². The number of H-pyrrole nitrogens is 1. The first-order chi connectivity index (χ1) is 9.48. The molecule has 11 heteroatoms. The van der Waals surface area contributed by atoms with Gasteiger partial charge in [-0.05, 0) is 12.1 Å². The minimum Gasteiger partial charge on any atom is -0.550 e. The predicted molar refractivity (Wildman–Crippen MR) is 54.8 cm³/mol. The molecule has 1 aromatic carbocycles. The first-order valence-electron chi connectivity index (χ1n) is 5.35. The average molecular weight is 318 g/mol. The van der Waals surface area contributed by atoms with Crippen LogP contribution in [-0.2, 0) is 23.6 Å². The first kappa shape index (κ1) is 18.4. The van der Waals surface area contributed by atoms with Gasteiger partial charge in [0.05, 0.1) is 16.6 Å². The number of halogens is 6.